The normalized spacial score (nSPS) is 12.8. The molecule has 0 saturated carbocycles. The van der Waals surface area contributed by atoms with Gasteiger partial charge in [-0.1, -0.05) is 42.5 Å². The molecule has 3 heteroatoms. The number of ether oxygens (including phenoxy) is 1. The SMILES string of the molecule is CC(O)c1cccc2c(OC[Si])c3ccccc3cc12. The van der Waals surface area contributed by atoms with E-state index in [4.69, 9.17) is 4.74 Å². The second kappa shape index (κ2) is 5.27. The number of aliphatic hydroxyl groups is 1. The Morgan fingerprint density at radius 3 is 2.55 bits per heavy atom. The van der Waals surface area contributed by atoms with Crippen LogP contribution in [0, 0.1) is 0 Å². The topological polar surface area (TPSA) is 29.5 Å². The van der Waals surface area contributed by atoms with Gasteiger partial charge in [0.25, 0.3) is 0 Å². The number of aliphatic hydroxyl groups excluding tert-OH is 1. The van der Waals surface area contributed by atoms with E-state index in [1.165, 1.54) is 0 Å². The third-order valence-corrected chi connectivity index (χ3v) is 3.70. The van der Waals surface area contributed by atoms with Crippen LogP contribution >= 0.6 is 0 Å². The van der Waals surface area contributed by atoms with Gasteiger partial charge in [-0.2, -0.15) is 0 Å². The molecule has 0 aliphatic carbocycles. The number of hydrogen-bond acceptors (Lipinski definition) is 2. The first-order valence-corrected chi connectivity index (χ1v) is 7.33. The summed E-state index contributed by atoms with van der Waals surface area (Å²) in [5.74, 6) is 0.857. The van der Waals surface area contributed by atoms with Gasteiger partial charge in [-0.25, -0.2) is 0 Å². The smallest absolute Gasteiger partial charge is 0.134 e. The molecule has 1 N–H and O–H groups in total. The fourth-order valence-electron chi connectivity index (χ4n) is 2.66. The van der Waals surface area contributed by atoms with Gasteiger partial charge in [-0.15, -0.1) is 0 Å². The number of fused-ring (bicyclic) bond motifs is 2. The van der Waals surface area contributed by atoms with Gasteiger partial charge in [-0.05, 0) is 29.3 Å². The molecule has 0 aliphatic heterocycles. The summed E-state index contributed by atoms with van der Waals surface area (Å²) in [5, 5.41) is 14.2. The van der Waals surface area contributed by atoms with Crippen LogP contribution in [0.2, 0.25) is 0 Å². The monoisotopic (exact) mass is 279 g/mol. The highest BCUT2D eigenvalue weighted by atomic mass is 28.1. The molecule has 99 valence electrons. The van der Waals surface area contributed by atoms with E-state index < -0.39 is 6.10 Å². The predicted octanol–water partition coefficient (Wildman–Crippen LogP) is 3.55. The Hall–Kier alpha value is -1.84. The Morgan fingerprint density at radius 2 is 1.80 bits per heavy atom. The van der Waals surface area contributed by atoms with E-state index in [9.17, 15) is 5.11 Å². The van der Waals surface area contributed by atoms with E-state index in [1.54, 1.807) is 6.92 Å². The van der Waals surface area contributed by atoms with E-state index in [0.717, 1.165) is 32.9 Å². The zero-order chi connectivity index (χ0) is 14.1. The Labute approximate surface area is 121 Å². The molecule has 0 amide bonds. The first-order valence-electron chi connectivity index (χ1n) is 6.62. The zero-order valence-corrected chi connectivity index (χ0v) is 12.3. The van der Waals surface area contributed by atoms with Crippen LogP contribution in [0.3, 0.4) is 0 Å². The molecule has 2 nitrogen and oxygen atoms in total. The van der Waals surface area contributed by atoms with Gasteiger partial charge in [0, 0.05) is 10.8 Å². The molecule has 0 spiro atoms. The Kier molecular flexibility index (Phi) is 3.47. The zero-order valence-electron chi connectivity index (χ0n) is 11.3. The minimum atomic E-state index is -0.504. The van der Waals surface area contributed by atoms with Gasteiger partial charge in [0.1, 0.15) is 5.75 Å². The number of rotatable bonds is 3. The molecule has 1 atom stereocenters. The highest BCUT2D eigenvalue weighted by Gasteiger charge is 2.12. The molecule has 0 saturated heterocycles. The van der Waals surface area contributed by atoms with E-state index >= 15 is 0 Å². The van der Waals surface area contributed by atoms with Crippen molar-refractivity contribution in [2.75, 3.05) is 6.23 Å². The lowest BCUT2D eigenvalue weighted by Crippen LogP contribution is -1.99. The van der Waals surface area contributed by atoms with Crippen LogP contribution in [0.4, 0.5) is 0 Å². The summed E-state index contributed by atoms with van der Waals surface area (Å²) in [4.78, 5) is 0. The Morgan fingerprint density at radius 1 is 1.05 bits per heavy atom. The minimum Gasteiger partial charge on any atom is -0.497 e. The highest BCUT2D eigenvalue weighted by molar-refractivity contribution is 6.10. The van der Waals surface area contributed by atoms with Crippen molar-refractivity contribution in [3.63, 3.8) is 0 Å². The lowest BCUT2D eigenvalue weighted by Gasteiger charge is -2.15. The molecular weight excluding hydrogens is 264 g/mol. The molecule has 1 unspecified atom stereocenters. The third-order valence-electron chi connectivity index (χ3n) is 3.56. The van der Waals surface area contributed by atoms with E-state index in [1.807, 2.05) is 30.3 Å². The second-order valence-corrected chi connectivity index (χ2v) is 5.12. The second-order valence-electron chi connectivity index (χ2n) is 4.83. The molecule has 20 heavy (non-hydrogen) atoms. The summed E-state index contributed by atoms with van der Waals surface area (Å²) in [6, 6.07) is 16.2. The van der Waals surface area contributed by atoms with Gasteiger partial charge >= 0.3 is 0 Å². The van der Waals surface area contributed by atoms with Crippen molar-refractivity contribution in [1.82, 2.24) is 0 Å². The van der Waals surface area contributed by atoms with E-state index in [2.05, 4.69) is 28.4 Å². The molecule has 3 aromatic carbocycles. The van der Waals surface area contributed by atoms with Crippen LogP contribution in [0.25, 0.3) is 21.5 Å². The molecule has 3 aromatic rings. The van der Waals surface area contributed by atoms with E-state index in [-0.39, 0.29) is 0 Å². The first-order chi connectivity index (χ1) is 9.72. The Bertz CT molecular complexity index is 765. The summed E-state index contributed by atoms with van der Waals surface area (Å²) in [5.41, 5.74) is 0.923. The summed E-state index contributed by atoms with van der Waals surface area (Å²) >= 11 is 0. The summed E-state index contributed by atoms with van der Waals surface area (Å²) in [7, 11) is 3.38. The first kappa shape index (κ1) is 13.2. The number of hydrogen-bond donors (Lipinski definition) is 1. The molecule has 3 radical (unpaired) electrons. The van der Waals surface area contributed by atoms with Gasteiger partial charge in [0.15, 0.2) is 0 Å². The summed E-state index contributed by atoms with van der Waals surface area (Å²) in [6.07, 6.45) is -0.0710. The van der Waals surface area contributed by atoms with Crippen LogP contribution in [-0.2, 0) is 0 Å². The molecular formula is C17H15O2Si. The summed E-state index contributed by atoms with van der Waals surface area (Å²) < 4.78 is 5.80. The largest absolute Gasteiger partial charge is 0.497 e. The van der Waals surface area contributed by atoms with Crippen molar-refractivity contribution >= 4 is 31.8 Å². The van der Waals surface area contributed by atoms with Crippen molar-refractivity contribution in [3.05, 3.63) is 54.1 Å². The average Bonchev–Trinajstić information content (AvgIpc) is 2.46. The maximum atomic E-state index is 9.96. The number of benzene rings is 3. The van der Waals surface area contributed by atoms with Crippen LogP contribution in [0.1, 0.15) is 18.6 Å². The minimum absolute atomic E-state index is 0.433. The van der Waals surface area contributed by atoms with Crippen molar-refractivity contribution in [2.24, 2.45) is 0 Å². The fourth-order valence-corrected chi connectivity index (χ4v) is 2.81. The van der Waals surface area contributed by atoms with Crippen LogP contribution in [0.15, 0.2) is 48.5 Å². The maximum absolute atomic E-state index is 9.96. The molecule has 0 fully saturated rings. The summed E-state index contributed by atoms with van der Waals surface area (Å²) in [6.45, 7) is 1.79. The van der Waals surface area contributed by atoms with Crippen molar-refractivity contribution < 1.29 is 9.84 Å². The van der Waals surface area contributed by atoms with Crippen molar-refractivity contribution in [1.29, 1.82) is 0 Å². The molecule has 0 heterocycles. The maximum Gasteiger partial charge on any atom is 0.134 e. The van der Waals surface area contributed by atoms with Gasteiger partial charge in [-0.3, -0.25) is 0 Å². The quantitative estimate of drug-likeness (QED) is 0.587. The predicted molar refractivity (Wildman–Crippen MR) is 83.3 cm³/mol. The Balaban J connectivity index is 2.46. The van der Waals surface area contributed by atoms with Crippen molar-refractivity contribution in [3.8, 4) is 5.75 Å². The van der Waals surface area contributed by atoms with Crippen LogP contribution in [-0.4, -0.2) is 21.6 Å². The highest BCUT2D eigenvalue weighted by Crippen LogP contribution is 2.37. The lowest BCUT2D eigenvalue weighted by atomic mass is 9.96. The fraction of sp³-hybridized carbons (Fsp3) is 0.176. The third kappa shape index (κ3) is 2.09. The van der Waals surface area contributed by atoms with Crippen LogP contribution in [0.5, 0.6) is 5.75 Å². The van der Waals surface area contributed by atoms with Crippen molar-refractivity contribution in [2.45, 2.75) is 13.0 Å². The van der Waals surface area contributed by atoms with Gasteiger partial charge in [0.2, 0.25) is 0 Å². The molecule has 0 aromatic heterocycles. The lowest BCUT2D eigenvalue weighted by molar-refractivity contribution is 0.201. The van der Waals surface area contributed by atoms with E-state index in [0.29, 0.717) is 6.23 Å². The standard InChI is InChI=1S/C17H15O2Si/c1-11(18)13-7-4-8-15-16(13)9-12-5-2-3-6-14(12)17(15)19-10-20/h2-9,11,18H,10H2,1H3. The average molecular weight is 279 g/mol. The van der Waals surface area contributed by atoms with Gasteiger partial charge < -0.3 is 9.84 Å². The molecule has 0 aliphatic rings. The van der Waals surface area contributed by atoms with Gasteiger partial charge in [0.05, 0.1) is 22.6 Å². The van der Waals surface area contributed by atoms with Crippen LogP contribution < -0.4 is 4.74 Å². The molecule has 0 bridgehead atoms. The molecule has 3 rings (SSSR count).